The fourth-order valence-corrected chi connectivity index (χ4v) is 2.61. The van der Waals surface area contributed by atoms with E-state index in [2.05, 4.69) is 29.6 Å². The first-order chi connectivity index (χ1) is 9.09. The van der Waals surface area contributed by atoms with Gasteiger partial charge in [-0.1, -0.05) is 12.1 Å². The van der Waals surface area contributed by atoms with E-state index in [1.54, 1.807) is 0 Å². The van der Waals surface area contributed by atoms with Crippen LogP contribution in [0.15, 0.2) is 24.3 Å². The average Bonchev–Trinajstić information content (AvgIpc) is 2.36. The Morgan fingerprint density at radius 3 is 2.53 bits per heavy atom. The SMILES string of the molecule is CNc1ccccc1C(=O)NCC1(N(C)C)CCC1. The Kier molecular flexibility index (Phi) is 4.10. The van der Waals surface area contributed by atoms with E-state index >= 15 is 0 Å². The van der Waals surface area contributed by atoms with E-state index in [-0.39, 0.29) is 11.4 Å². The van der Waals surface area contributed by atoms with E-state index in [1.807, 2.05) is 31.3 Å². The topological polar surface area (TPSA) is 44.4 Å². The summed E-state index contributed by atoms with van der Waals surface area (Å²) >= 11 is 0. The first-order valence-electron chi connectivity index (χ1n) is 6.81. The minimum Gasteiger partial charge on any atom is -0.387 e. The lowest BCUT2D eigenvalue weighted by Gasteiger charge is -2.47. The molecule has 1 amide bonds. The molecule has 19 heavy (non-hydrogen) atoms. The maximum Gasteiger partial charge on any atom is 0.253 e. The first kappa shape index (κ1) is 13.9. The van der Waals surface area contributed by atoms with Crippen molar-refractivity contribution in [3.8, 4) is 0 Å². The molecule has 0 bridgehead atoms. The van der Waals surface area contributed by atoms with Crippen LogP contribution in [0.25, 0.3) is 0 Å². The van der Waals surface area contributed by atoms with Gasteiger partial charge in [-0.2, -0.15) is 0 Å². The van der Waals surface area contributed by atoms with Gasteiger partial charge in [0.2, 0.25) is 0 Å². The zero-order valence-corrected chi connectivity index (χ0v) is 12.0. The van der Waals surface area contributed by atoms with Gasteiger partial charge in [0.1, 0.15) is 0 Å². The third kappa shape index (κ3) is 2.73. The second kappa shape index (κ2) is 5.61. The van der Waals surface area contributed by atoms with Crippen LogP contribution >= 0.6 is 0 Å². The maximum absolute atomic E-state index is 12.3. The number of benzene rings is 1. The molecule has 0 aliphatic heterocycles. The van der Waals surface area contributed by atoms with Crippen LogP contribution in [0.1, 0.15) is 29.6 Å². The van der Waals surface area contributed by atoms with Crippen molar-refractivity contribution in [3.63, 3.8) is 0 Å². The predicted molar refractivity (Wildman–Crippen MR) is 78.6 cm³/mol. The number of nitrogens with zero attached hydrogens (tertiary/aromatic N) is 1. The van der Waals surface area contributed by atoms with Crippen LogP contribution in [0.4, 0.5) is 5.69 Å². The predicted octanol–water partition coefficient (Wildman–Crippen LogP) is 1.94. The number of anilines is 1. The van der Waals surface area contributed by atoms with Crippen LogP contribution in [0, 0.1) is 0 Å². The molecule has 1 aliphatic rings. The number of carbonyl (C=O) groups is 1. The van der Waals surface area contributed by atoms with Crippen LogP contribution < -0.4 is 10.6 Å². The third-order valence-electron chi connectivity index (χ3n) is 4.25. The van der Waals surface area contributed by atoms with Crippen LogP contribution in [0.3, 0.4) is 0 Å². The Morgan fingerprint density at radius 2 is 2.00 bits per heavy atom. The fourth-order valence-electron chi connectivity index (χ4n) is 2.61. The van der Waals surface area contributed by atoms with E-state index in [4.69, 9.17) is 0 Å². The summed E-state index contributed by atoms with van der Waals surface area (Å²) < 4.78 is 0. The number of hydrogen-bond acceptors (Lipinski definition) is 3. The van der Waals surface area contributed by atoms with Gasteiger partial charge in [-0.25, -0.2) is 0 Å². The zero-order chi connectivity index (χ0) is 13.9. The standard InChI is InChI=1S/C15H23N3O/c1-16-13-8-5-4-7-12(13)14(19)17-11-15(18(2)3)9-6-10-15/h4-5,7-8,16H,6,9-11H2,1-3H3,(H,17,19). The second-order valence-electron chi connectivity index (χ2n) is 5.45. The van der Waals surface area contributed by atoms with Crippen molar-refractivity contribution >= 4 is 11.6 Å². The lowest BCUT2D eigenvalue weighted by molar-refractivity contribution is 0.0558. The number of hydrogen-bond donors (Lipinski definition) is 2. The molecule has 1 saturated carbocycles. The van der Waals surface area contributed by atoms with Gasteiger partial charge in [0, 0.05) is 24.8 Å². The fraction of sp³-hybridized carbons (Fsp3) is 0.533. The number of para-hydroxylation sites is 1. The smallest absolute Gasteiger partial charge is 0.253 e. The van der Waals surface area contributed by atoms with Crippen LogP contribution in [-0.2, 0) is 0 Å². The average molecular weight is 261 g/mol. The van der Waals surface area contributed by atoms with Crippen molar-refractivity contribution < 1.29 is 4.79 Å². The van der Waals surface area contributed by atoms with Crippen molar-refractivity contribution in [1.29, 1.82) is 0 Å². The largest absolute Gasteiger partial charge is 0.387 e. The molecule has 0 unspecified atom stereocenters. The van der Waals surface area contributed by atoms with Crippen LogP contribution in [0.2, 0.25) is 0 Å². The summed E-state index contributed by atoms with van der Waals surface area (Å²) in [5, 5.41) is 6.13. The molecule has 0 heterocycles. The van der Waals surface area contributed by atoms with Gasteiger partial charge in [-0.15, -0.1) is 0 Å². The van der Waals surface area contributed by atoms with E-state index < -0.39 is 0 Å². The summed E-state index contributed by atoms with van der Waals surface area (Å²) in [5.41, 5.74) is 1.73. The summed E-state index contributed by atoms with van der Waals surface area (Å²) in [6.07, 6.45) is 3.57. The maximum atomic E-state index is 12.3. The molecule has 4 nitrogen and oxygen atoms in total. The first-order valence-corrected chi connectivity index (χ1v) is 6.81. The molecule has 0 saturated heterocycles. The highest BCUT2D eigenvalue weighted by atomic mass is 16.1. The van der Waals surface area contributed by atoms with Gasteiger partial charge >= 0.3 is 0 Å². The summed E-state index contributed by atoms with van der Waals surface area (Å²) in [4.78, 5) is 14.5. The Hall–Kier alpha value is -1.55. The Morgan fingerprint density at radius 1 is 1.32 bits per heavy atom. The minimum absolute atomic E-state index is 0.00178. The minimum atomic E-state index is -0.00178. The highest BCUT2D eigenvalue weighted by Gasteiger charge is 2.39. The van der Waals surface area contributed by atoms with Crippen LogP contribution in [0.5, 0.6) is 0 Å². The zero-order valence-electron chi connectivity index (χ0n) is 12.0. The molecule has 1 fully saturated rings. The van der Waals surface area contributed by atoms with E-state index in [1.165, 1.54) is 6.42 Å². The van der Waals surface area contributed by atoms with E-state index in [0.717, 1.165) is 25.1 Å². The highest BCUT2D eigenvalue weighted by molar-refractivity contribution is 5.99. The number of likely N-dealkylation sites (N-methyl/N-ethyl adjacent to an activating group) is 1. The normalized spacial score (nSPS) is 16.8. The summed E-state index contributed by atoms with van der Waals surface area (Å²) in [5.74, 6) is -0.00178. The Labute approximate surface area is 115 Å². The molecular weight excluding hydrogens is 238 g/mol. The number of amides is 1. The molecule has 0 aromatic heterocycles. The van der Waals surface area contributed by atoms with Gasteiger partial charge in [0.05, 0.1) is 5.56 Å². The summed E-state index contributed by atoms with van der Waals surface area (Å²) in [6.45, 7) is 0.719. The number of carbonyl (C=O) groups excluding carboxylic acids is 1. The van der Waals surface area contributed by atoms with E-state index in [9.17, 15) is 4.79 Å². The van der Waals surface area contributed by atoms with Gasteiger partial charge in [-0.3, -0.25) is 4.79 Å². The molecule has 0 radical (unpaired) electrons. The third-order valence-corrected chi connectivity index (χ3v) is 4.25. The van der Waals surface area contributed by atoms with Crippen molar-refractivity contribution in [1.82, 2.24) is 10.2 Å². The molecule has 2 N–H and O–H groups in total. The molecule has 1 aromatic carbocycles. The molecule has 0 spiro atoms. The summed E-state index contributed by atoms with van der Waals surface area (Å²) in [6, 6.07) is 7.58. The molecule has 0 atom stereocenters. The van der Waals surface area contributed by atoms with E-state index in [0.29, 0.717) is 5.56 Å². The van der Waals surface area contributed by atoms with Crippen molar-refractivity contribution in [2.45, 2.75) is 24.8 Å². The molecule has 2 rings (SSSR count). The number of nitrogens with one attached hydrogen (secondary N) is 2. The van der Waals surface area contributed by atoms with Gasteiger partial charge in [0.25, 0.3) is 5.91 Å². The van der Waals surface area contributed by atoms with Crippen molar-refractivity contribution in [2.75, 3.05) is 33.0 Å². The number of rotatable bonds is 5. The molecule has 1 aromatic rings. The second-order valence-corrected chi connectivity index (χ2v) is 5.45. The Bertz CT molecular complexity index is 452. The van der Waals surface area contributed by atoms with Crippen LogP contribution in [-0.4, -0.2) is 44.0 Å². The molecule has 1 aliphatic carbocycles. The van der Waals surface area contributed by atoms with Crippen molar-refractivity contribution in [3.05, 3.63) is 29.8 Å². The van der Waals surface area contributed by atoms with Gasteiger partial charge in [-0.05, 0) is 45.5 Å². The molecular formula is C15H23N3O. The van der Waals surface area contributed by atoms with Crippen molar-refractivity contribution in [2.24, 2.45) is 0 Å². The van der Waals surface area contributed by atoms with Gasteiger partial charge < -0.3 is 15.5 Å². The molecule has 104 valence electrons. The quantitative estimate of drug-likeness (QED) is 0.851. The highest BCUT2D eigenvalue weighted by Crippen LogP contribution is 2.35. The summed E-state index contributed by atoms with van der Waals surface area (Å²) in [7, 11) is 6.01. The molecule has 4 heteroatoms. The lowest BCUT2D eigenvalue weighted by Crippen LogP contribution is -2.57. The van der Waals surface area contributed by atoms with Gasteiger partial charge in [0.15, 0.2) is 0 Å². The lowest BCUT2D eigenvalue weighted by atomic mass is 9.75. The monoisotopic (exact) mass is 261 g/mol. The Balaban J connectivity index is 2.01.